The summed E-state index contributed by atoms with van der Waals surface area (Å²) in [4.78, 5) is 14.7. The van der Waals surface area contributed by atoms with Crippen LogP contribution in [-0.4, -0.2) is 37.9 Å². The standard InChI is InChI=1S/C10H11N3O3S2/c1-12-6-9(14)13(10(12)17)7-2-4-8(5-3-7)18(11,15)16/h2-5H,6H2,1H3,(H2,11,15,16). The third kappa shape index (κ3) is 2.22. The summed E-state index contributed by atoms with van der Waals surface area (Å²) in [5.74, 6) is -0.147. The maximum absolute atomic E-state index is 11.7. The molecule has 1 heterocycles. The number of hydrogen-bond donors (Lipinski definition) is 1. The number of carbonyl (C=O) groups is 1. The number of primary sulfonamides is 1. The van der Waals surface area contributed by atoms with Gasteiger partial charge in [0.05, 0.1) is 17.1 Å². The van der Waals surface area contributed by atoms with Gasteiger partial charge in [-0.15, -0.1) is 0 Å². The molecule has 1 fully saturated rings. The first-order valence-corrected chi connectivity index (χ1v) is 6.97. The van der Waals surface area contributed by atoms with Crippen LogP contribution in [0.1, 0.15) is 0 Å². The van der Waals surface area contributed by atoms with E-state index in [-0.39, 0.29) is 17.3 Å². The van der Waals surface area contributed by atoms with E-state index < -0.39 is 10.0 Å². The van der Waals surface area contributed by atoms with E-state index in [2.05, 4.69) is 0 Å². The molecule has 8 heteroatoms. The van der Waals surface area contributed by atoms with Gasteiger partial charge in [-0.3, -0.25) is 9.69 Å². The molecule has 18 heavy (non-hydrogen) atoms. The minimum atomic E-state index is -3.73. The molecule has 0 aromatic heterocycles. The number of sulfonamides is 1. The van der Waals surface area contributed by atoms with Crippen LogP contribution in [0.25, 0.3) is 0 Å². The van der Waals surface area contributed by atoms with Crippen molar-refractivity contribution in [2.45, 2.75) is 4.90 Å². The van der Waals surface area contributed by atoms with Crippen molar-refractivity contribution >= 4 is 38.9 Å². The van der Waals surface area contributed by atoms with E-state index in [9.17, 15) is 13.2 Å². The first-order chi connectivity index (χ1) is 8.30. The lowest BCUT2D eigenvalue weighted by atomic mass is 10.3. The molecule has 1 saturated heterocycles. The molecule has 96 valence electrons. The normalized spacial score (nSPS) is 16.6. The molecule has 0 aliphatic carbocycles. The molecule has 6 nitrogen and oxygen atoms in total. The van der Waals surface area contributed by atoms with Gasteiger partial charge in [-0.2, -0.15) is 0 Å². The number of nitrogens with two attached hydrogens (primary N) is 1. The Morgan fingerprint density at radius 3 is 2.22 bits per heavy atom. The molecule has 1 aliphatic heterocycles. The van der Waals surface area contributed by atoms with Gasteiger partial charge in [0.1, 0.15) is 0 Å². The van der Waals surface area contributed by atoms with Gasteiger partial charge < -0.3 is 4.90 Å². The summed E-state index contributed by atoms with van der Waals surface area (Å²) in [5.41, 5.74) is 0.529. The number of rotatable bonds is 2. The van der Waals surface area contributed by atoms with Crippen molar-refractivity contribution in [2.24, 2.45) is 5.14 Å². The van der Waals surface area contributed by atoms with Crippen LogP contribution in [-0.2, 0) is 14.8 Å². The lowest BCUT2D eigenvalue weighted by molar-refractivity contribution is -0.116. The van der Waals surface area contributed by atoms with Crippen molar-refractivity contribution in [3.63, 3.8) is 0 Å². The number of likely N-dealkylation sites (N-methyl/N-ethyl adjacent to an activating group) is 1. The summed E-state index contributed by atoms with van der Waals surface area (Å²) in [6.07, 6.45) is 0. The van der Waals surface area contributed by atoms with Crippen molar-refractivity contribution in [1.29, 1.82) is 0 Å². The fraction of sp³-hybridized carbons (Fsp3) is 0.200. The van der Waals surface area contributed by atoms with Crippen LogP contribution >= 0.6 is 12.2 Å². The molecule has 1 aromatic rings. The molecule has 0 radical (unpaired) electrons. The van der Waals surface area contributed by atoms with E-state index in [0.29, 0.717) is 10.8 Å². The molecule has 2 N–H and O–H groups in total. The number of anilines is 1. The van der Waals surface area contributed by atoms with E-state index in [1.165, 1.54) is 29.2 Å². The predicted octanol–water partition coefficient (Wildman–Crippen LogP) is -0.103. The number of thiocarbonyl (C=S) groups is 1. The maximum Gasteiger partial charge on any atom is 0.252 e. The topological polar surface area (TPSA) is 83.7 Å². The van der Waals surface area contributed by atoms with Crippen molar-refractivity contribution in [3.8, 4) is 0 Å². The van der Waals surface area contributed by atoms with Crippen LogP contribution in [0, 0.1) is 0 Å². The van der Waals surface area contributed by atoms with E-state index >= 15 is 0 Å². The Morgan fingerprint density at radius 2 is 1.83 bits per heavy atom. The zero-order chi connectivity index (χ0) is 13.5. The van der Waals surface area contributed by atoms with Gasteiger partial charge in [-0.05, 0) is 36.5 Å². The number of amides is 1. The Labute approximate surface area is 110 Å². The zero-order valence-electron chi connectivity index (χ0n) is 9.53. The third-order valence-corrected chi connectivity index (χ3v) is 3.99. The maximum atomic E-state index is 11.7. The smallest absolute Gasteiger partial charge is 0.252 e. The molecule has 1 amide bonds. The molecule has 0 bridgehead atoms. The van der Waals surface area contributed by atoms with Crippen molar-refractivity contribution in [3.05, 3.63) is 24.3 Å². The summed E-state index contributed by atoms with van der Waals surface area (Å²) in [6.45, 7) is 0.218. The summed E-state index contributed by atoms with van der Waals surface area (Å²) < 4.78 is 22.2. The molecule has 1 aromatic carbocycles. The number of hydrogen-bond acceptors (Lipinski definition) is 4. The SMILES string of the molecule is CN1CC(=O)N(c2ccc(S(N)(=O)=O)cc2)C1=S. The Bertz CT molecular complexity index is 610. The summed E-state index contributed by atoms with van der Waals surface area (Å²) in [5, 5.41) is 5.39. The minimum Gasteiger partial charge on any atom is -0.342 e. The lowest BCUT2D eigenvalue weighted by Crippen LogP contribution is -2.31. The van der Waals surface area contributed by atoms with Crippen LogP contribution in [0.5, 0.6) is 0 Å². The Hall–Kier alpha value is -1.51. The number of benzene rings is 1. The molecular weight excluding hydrogens is 274 g/mol. The van der Waals surface area contributed by atoms with Crippen LogP contribution < -0.4 is 10.0 Å². The highest BCUT2D eigenvalue weighted by molar-refractivity contribution is 7.89. The Balaban J connectivity index is 2.36. The first-order valence-electron chi connectivity index (χ1n) is 5.01. The van der Waals surface area contributed by atoms with Gasteiger partial charge in [0.2, 0.25) is 10.0 Å². The van der Waals surface area contributed by atoms with Crippen molar-refractivity contribution in [2.75, 3.05) is 18.5 Å². The second-order valence-corrected chi connectivity index (χ2v) is 5.83. The predicted molar refractivity (Wildman–Crippen MR) is 70.5 cm³/mol. The van der Waals surface area contributed by atoms with Crippen molar-refractivity contribution in [1.82, 2.24) is 4.90 Å². The van der Waals surface area contributed by atoms with E-state index in [4.69, 9.17) is 17.4 Å². The highest BCUT2D eigenvalue weighted by atomic mass is 32.2. The monoisotopic (exact) mass is 285 g/mol. The van der Waals surface area contributed by atoms with Gasteiger partial charge in [0.25, 0.3) is 5.91 Å². The molecular formula is C10H11N3O3S2. The largest absolute Gasteiger partial charge is 0.342 e. The van der Waals surface area contributed by atoms with E-state index in [1.807, 2.05) is 0 Å². The van der Waals surface area contributed by atoms with Gasteiger partial charge in [0.15, 0.2) is 5.11 Å². The van der Waals surface area contributed by atoms with Crippen LogP contribution in [0.15, 0.2) is 29.2 Å². The molecule has 0 unspecified atom stereocenters. The minimum absolute atomic E-state index is 0.00262. The van der Waals surface area contributed by atoms with Gasteiger partial charge in [0, 0.05) is 7.05 Å². The fourth-order valence-corrected chi connectivity index (χ4v) is 2.45. The number of carbonyl (C=O) groups excluding carboxylic acids is 1. The summed E-state index contributed by atoms with van der Waals surface area (Å²) >= 11 is 5.12. The van der Waals surface area contributed by atoms with Gasteiger partial charge >= 0.3 is 0 Å². The highest BCUT2D eigenvalue weighted by Crippen LogP contribution is 2.22. The average Bonchev–Trinajstić information content (AvgIpc) is 2.52. The highest BCUT2D eigenvalue weighted by Gasteiger charge is 2.31. The van der Waals surface area contributed by atoms with E-state index in [0.717, 1.165) is 0 Å². The average molecular weight is 285 g/mol. The van der Waals surface area contributed by atoms with Gasteiger partial charge in [-0.25, -0.2) is 13.6 Å². The molecule has 2 rings (SSSR count). The molecule has 0 spiro atoms. The van der Waals surface area contributed by atoms with Crippen LogP contribution in [0.2, 0.25) is 0 Å². The first kappa shape index (κ1) is 12.9. The molecule has 1 aliphatic rings. The lowest BCUT2D eigenvalue weighted by Gasteiger charge is -2.17. The molecule has 0 atom stereocenters. The van der Waals surface area contributed by atoms with E-state index in [1.54, 1.807) is 11.9 Å². The number of nitrogens with zero attached hydrogens (tertiary/aromatic N) is 2. The second kappa shape index (κ2) is 4.30. The summed E-state index contributed by atoms with van der Waals surface area (Å²) in [7, 11) is -2.01. The Kier molecular flexibility index (Phi) is 3.09. The fourth-order valence-electron chi connectivity index (χ4n) is 1.66. The van der Waals surface area contributed by atoms with Crippen LogP contribution in [0.4, 0.5) is 5.69 Å². The van der Waals surface area contributed by atoms with Crippen molar-refractivity contribution < 1.29 is 13.2 Å². The second-order valence-electron chi connectivity index (χ2n) is 3.91. The summed E-state index contributed by atoms with van der Waals surface area (Å²) in [6, 6.07) is 5.70. The third-order valence-electron chi connectivity index (χ3n) is 2.56. The quantitative estimate of drug-likeness (QED) is 0.767. The Morgan fingerprint density at radius 1 is 1.28 bits per heavy atom. The molecule has 0 saturated carbocycles. The van der Waals surface area contributed by atoms with Gasteiger partial charge in [-0.1, -0.05) is 0 Å². The zero-order valence-corrected chi connectivity index (χ0v) is 11.2. The van der Waals surface area contributed by atoms with Crippen LogP contribution in [0.3, 0.4) is 0 Å².